The number of halogens is 1. The van der Waals surface area contributed by atoms with Crippen molar-refractivity contribution in [2.75, 3.05) is 19.7 Å². The van der Waals surface area contributed by atoms with Crippen LogP contribution in [0.4, 0.5) is 9.18 Å². The van der Waals surface area contributed by atoms with E-state index in [1.807, 2.05) is 12.1 Å². The van der Waals surface area contributed by atoms with E-state index < -0.39 is 35.6 Å². The fourth-order valence-electron chi connectivity index (χ4n) is 4.25. The predicted molar refractivity (Wildman–Crippen MR) is 132 cm³/mol. The van der Waals surface area contributed by atoms with Gasteiger partial charge in [-0.2, -0.15) is 10.5 Å². The topological polar surface area (TPSA) is 138 Å². The van der Waals surface area contributed by atoms with Crippen molar-refractivity contribution < 1.29 is 28.2 Å². The van der Waals surface area contributed by atoms with Gasteiger partial charge in [0.25, 0.3) is 5.91 Å². The molecule has 0 radical (unpaired) electrons. The quantitative estimate of drug-likeness (QED) is 0.647. The van der Waals surface area contributed by atoms with Gasteiger partial charge in [0.1, 0.15) is 41.6 Å². The first-order valence-electron chi connectivity index (χ1n) is 12.2. The Balaban J connectivity index is 1.45. The van der Waals surface area contributed by atoms with Gasteiger partial charge in [0.15, 0.2) is 6.10 Å². The van der Waals surface area contributed by atoms with Crippen LogP contribution in [0.3, 0.4) is 0 Å². The maximum atomic E-state index is 15.1. The van der Waals surface area contributed by atoms with Gasteiger partial charge in [0, 0.05) is 42.5 Å². The molecule has 1 saturated heterocycles. The molecule has 38 heavy (non-hydrogen) atoms. The molecule has 2 aliphatic rings. The molecular formula is C27H28FN5O5. The first-order valence-corrected chi connectivity index (χ1v) is 12.2. The summed E-state index contributed by atoms with van der Waals surface area (Å²) in [4.78, 5) is 30.9. The summed E-state index contributed by atoms with van der Waals surface area (Å²) in [6.45, 7) is 6.07. The Morgan fingerprint density at radius 1 is 1.29 bits per heavy atom. The average Bonchev–Trinajstić information content (AvgIpc) is 3.14. The van der Waals surface area contributed by atoms with E-state index in [2.05, 4.69) is 10.3 Å². The Labute approximate surface area is 219 Å². The fourth-order valence-corrected chi connectivity index (χ4v) is 4.25. The second-order valence-electron chi connectivity index (χ2n) is 10.1. The van der Waals surface area contributed by atoms with Crippen molar-refractivity contribution in [2.45, 2.75) is 58.0 Å². The van der Waals surface area contributed by atoms with Gasteiger partial charge in [-0.3, -0.25) is 4.79 Å². The van der Waals surface area contributed by atoms with Crippen molar-refractivity contribution in [3.8, 4) is 29.0 Å². The molecular weight excluding hydrogens is 493 g/mol. The minimum Gasteiger partial charge on any atom is -0.488 e. The summed E-state index contributed by atoms with van der Waals surface area (Å²) in [7, 11) is 0. The molecule has 1 fully saturated rings. The van der Waals surface area contributed by atoms with Crippen LogP contribution in [0.1, 0.15) is 44.0 Å². The first kappa shape index (κ1) is 26.8. The van der Waals surface area contributed by atoms with Gasteiger partial charge < -0.3 is 24.4 Å². The minimum atomic E-state index is -1.05. The molecule has 0 aliphatic carbocycles. The summed E-state index contributed by atoms with van der Waals surface area (Å²) < 4.78 is 31.9. The lowest BCUT2D eigenvalue weighted by Gasteiger charge is -2.28. The number of carbonyl (C=O) groups is 2. The van der Waals surface area contributed by atoms with Gasteiger partial charge >= 0.3 is 6.09 Å². The number of hydrogen-bond donors (Lipinski definition) is 1. The number of amides is 2. The molecule has 3 heterocycles. The molecule has 4 rings (SSSR count). The molecule has 2 atom stereocenters. The van der Waals surface area contributed by atoms with E-state index in [0.717, 1.165) is 5.56 Å². The van der Waals surface area contributed by atoms with Crippen LogP contribution in [-0.2, 0) is 27.3 Å². The second-order valence-corrected chi connectivity index (χ2v) is 10.1. The third kappa shape index (κ3) is 6.18. The lowest BCUT2D eigenvalue weighted by Crippen LogP contribution is -2.48. The third-order valence-corrected chi connectivity index (χ3v) is 6.04. The summed E-state index contributed by atoms with van der Waals surface area (Å²) in [5, 5.41) is 21.4. The third-order valence-electron chi connectivity index (χ3n) is 6.04. The molecule has 11 heteroatoms. The highest BCUT2D eigenvalue weighted by Gasteiger charge is 2.32. The van der Waals surface area contributed by atoms with Crippen LogP contribution in [0, 0.1) is 28.5 Å². The normalized spacial score (nSPS) is 17.4. The van der Waals surface area contributed by atoms with Crippen LogP contribution in [-0.4, -0.2) is 59.3 Å². The number of nitrogens with zero attached hydrogens (tertiary/aromatic N) is 4. The lowest BCUT2D eigenvalue weighted by molar-refractivity contribution is -0.133. The first-order chi connectivity index (χ1) is 18.1. The largest absolute Gasteiger partial charge is 0.488 e. The molecule has 1 N–H and O–H groups in total. The number of nitrogens with one attached hydrogen (secondary N) is 1. The highest BCUT2D eigenvalue weighted by molar-refractivity contribution is 5.82. The Hall–Kier alpha value is -4.22. The smallest absolute Gasteiger partial charge is 0.410 e. The van der Waals surface area contributed by atoms with Gasteiger partial charge in [0.2, 0.25) is 0 Å². The van der Waals surface area contributed by atoms with Crippen LogP contribution in [0.25, 0.3) is 11.1 Å². The van der Waals surface area contributed by atoms with Crippen molar-refractivity contribution in [3.05, 3.63) is 47.0 Å². The molecule has 198 valence electrons. The molecule has 2 amide bonds. The van der Waals surface area contributed by atoms with Crippen molar-refractivity contribution >= 4 is 12.0 Å². The summed E-state index contributed by atoms with van der Waals surface area (Å²) in [5.41, 5.74) is 1.64. The molecule has 0 saturated carbocycles. The van der Waals surface area contributed by atoms with E-state index >= 15 is 4.39 Å². The summed E-state index contributed by atoms with van der Waals surface area (Å²) >= 11 is 0. The van der Waals surface area contributed by atoms with E-state index in [9.17, 15) is 14.9 Å². The number of ether oxygens (including phenoxy) is 3. The zero-order valence-electron chi connectivity index (χ0n) is 21.4. The van der Waals surface area contributed by atoms with Gasteiger partial charge in [0.05, 0.1) is 12.6 Å². The standard InChI is InChI=1S/C27H28FN5O5/c1-27(2,3)38-26(35)33-5-4-6-36-24(14-33)25(34)32-19(12-30)7-16-9-23-20(10-22(16)28)21-13-31-18(11-29)8-17(21)15-37-23/h8-10,13,19,24H,4-7,14-15H2,1-3H3,(H,32,34)/t19?,24-/m0/s1. The number of hydrogen-bond acceptors (Lipinski definition) is 8. The van der Waals surface area contributed by atoms with Gasteiger partial charge in [-0.15, -0.1) is 0 Å². The van der Waals surface area contributed by atoms with Gasteiger partial charge in [-0.25, -0.2) is 14.2 Å². The predicted octanol–water partition coefficient (Wildman–Crippen LogP) is 3.23. The zero-order chi connectivity index (χ0) is 27.4. The Bertz CT molecular complexity index is 1330. The number of benzene rings is 1. The number of fused-ring (bicyclic) bond motifs is 3. The van der Waals surface area contributed by atoms with Crippen LogP contribution < -0.4 is 10.1 Å². The van der Waals surface area contributed by atoms with E-state index in [-0.39, 0.29) is 37.4 Å². The highest BCUT2D eigenvalue weighted by atomic mass is 19.1. The summed E-state index contributed by atoms with van der Waals surface area (Å²) in [6.07, 6.45) is 0.391. The van der Waals surface area contributed by atoms with E-state index in [0.29, 0.717) is 29.8 Å². The Kier molecular flexibility index (Phi) is 7.79. The Morgan fingerprint density at radius 2 is 2.08 bits per heavy atom. The molecule has 1 aromatic heterocycles. The average molecular weight is 522 g/mol. The number of aromatic nitrogens is 1. The molecule has 1 unspecified atom stereocenters. The van der Waals surface area contributed by atoms with E-state index in [4.69, 9.17) is 19.5 Å². The van der Waals surface area contributed by atoms with E-state index in [1.54, 1.807) is 26.8 Å². The molecule has 0 spiro atoms. The van der Waals surface area contributed by atoms with Crippen LogP contribution >= 0.6 is 0 Å². The van der Waals surface area contributed by atoms with Gasteiger partial charge in [-0.05, 0) is 51.0 Å². The maximum absolute atomic E-state index is 15.1. The number of carbonyl (C=O) groups excluding carboxylic acids is 2. The van der Waals surface area contributed by atoms with Crippen molar-refractivity contribution in [2.24, 2.45) is 0 Å². The maximum Gasteiger partial charge on any atom is 0.410 e. The minimum absolute atomic E-state index is 0.0269. The SMILES string of the molecule is CC(C)(C)OC(=O)N1CCCO[C@H](C(=O)NC(C#N)Cc2cc3c(cc2F)-c2cnc(C#N)cc2CO3)C1. The zero-order valence-corrected chi connectivity index (χ0v) is 21.4. The summed E-state index contributed by atoms with van der Waals surface area (Å²) in [5.74, 6) is -0.723. The molecule has 2 aromatic rings. The van der Waals surface area contributed by atoms with Crippen LogP contribution in [0.2, 0.25) is 0 Å². The van der Waals surface area contributed by atoms with Crippen LogP contribution in [0.5, 0.6) is 5.75 Å². The Morgan fingerprint density at radius 3 is 2.79 bits per heavy atom. The lowest BCUT2D eigenvalue weighted by atomic mass is 9.95. The number of pyridine rings is 1. The second kappa shape index (κ2) is 11.0. The fraction of sp³-hybridized carbons (Fsp3) is 0.444. The van der Waals surface area contributed by atoms with Crippen LogP contribution in [0.15, 0.2) is 24.4 Å². The molecule has 1 aromatic carbocycles. The number of nitriles is 2. The monoisotopic (exact) mass is 521 g/mol. The highest BCUT2D eigenvalue weighted by Crippen LogP contribution is 2.39. The molecule has 0 bridgehead atoms. The van der Waals surface area contributed by atoms with Gasteiger partial charge in [-0.1, -0.05) is 0 Å². The molecule has 2 aliphatic heterocycles. The van der Waals surface area contributed by atoms with Crippen molar-refractivity contribution in [1.29, 1.82) is 10.5 Å². The van der Waals surface area contributed by atoms with E-state index in [1.165, 1.54) is 23.2 Å². The van der Waals surface area contributed by atoms with Crippen molar-refractivity contribution in [1.82, 2.24) is 15.2 Å². The molecule has 10 nitrogen and oxygen atoms in total. The van der Waals surface area contributed by atoms with Crippen molar-refractivity contribution in [3.63, 3.8) is 0 Å². The number of rotatable bonds is 4. The summed E-state index contributed by atoms with van der Waals surface area (Å²) in [6, 6.07) is 7.33.